The molecular formula is C17H12N4O2S. The number of H-pyrrole nitrogens is 1. The molecule has 3 heterocycles. The SMILES string of the molecule is N#CC1=C(N)Oc2n[nH]c(-c3cccs3)c2C1c1cccc(O)c1. The Balaban J connectivity index is 1.97. The van der Waals surface area contributed by atoms with Gasteiger partial charge in [-0.1, -0.05) is 18.2 Å². The molecule has 0 amide bonds. The number of nitrogens with one attached hydrogen (secondary N) is 1. The minimum atomic E-state index is -0.457. The molecule has 1 unspecified atom stereocenters. The number of aromatic nitrogens is 2. The van der Waals surface area contributed by atoms with Gasteiger partial charge in [-0.2, -0.15) is 5.26 Å². The highest BCUT2D eigenvalue weighted by Crippen LogP contribution is 2.46. The molecule has 0 spiro atoms. The van der Waals surface area contributed by atoms with Crippen molar-refractivity contribution in [2.75, 3.05) is 0 Å². The second kappa shape index (κ2) is 5.44. The lowest BCUT2D eigenvalue weighted by Gasteiger charge is -2.23. The molecule has 1 aliphatic rings. The zero-order valence-corrected chi connectivity index (χ0v) is 13.2. The number of hydrogen-bond acceptors (Lipinski definition) is 6. The first-order chi connectivity index (χ1) is 11.7. The molecule has 0 radical (unpaired) electrons. The second-order valence-corrected chi connectivity index (χ2v) is 6.26. The summed E-state index contributed by atoms with van der Waals surface area (Å²) in [6.07, 6.45) is 0. The number of fused-ring (bicyclic) bond motifs is 1. The van der Waals surface area contributed by atoms with Gasteiger partial charge in [0.25, 0.3) is 0 Å². The number of phenols is 1. The number of ether oxygens (including phenoxy) is 1. The topological polar surface area (TPSA) is 108 Å². The fourth-order valence-corrected chi connectivity index (χ4v) is 3.63. The van der Waals surface area contributed by atoms with Gasteiger partial charge in [-0.25, -0.2) is 0 Å². The van der Waals surface area contributed by atoms with Crippen LogP contribution in [0.3, 0.4) is 0 Å². The quantitative estimate of drug-likeness (QED) is 0.666. The Bertz CT molecular complexity index is 982. The highest BCUT2D eigenvalue weighted by atomic mass is 32.1. The first-order valence-corrected chi connectivity index (χ1v) is 8.05. The van der Waals surface area contributed by atoms with Gasteiger partial charge in [-0.05, 0) is 29.1 Å². The van der Waals surface area contributed by atoms with Crippen molar-refractivity contribution in [2.24, 2.45) is 5.73 Å². The van der Waals surface area contributed by atoms with Gasteiger partial charge in [0.05, 0.1) is 22.1 Å². The first-order valence-electron chi connectivity index (χ1n) is 7.17. The largest absolute Gasteiger partial charge is 0.508 e. The van der Waals surface area contributed by atoms with Crippen LogP contribution >= 0.6 is 11.3 Å². The number of allylic oxidation sites excluding steroid dienone is 1. The fourth-order valence-electron chi connectivity index (χ4n) is 2.89. The third kappa shape index (κ3) is 2.13. The lowest BCUT2D eigenvalue weighted by Crippen LogP contribution is -2.20. The maximum absolute atomic E-state index is 9.84. The maximum atomic E-state index is 9.84. The average Bonchev–Trinajstić information content (AvgIpc) is 3.22. The standard InChI is InChI=1S/C17H12N4O2S/c18-8-11-13(9-3-1-4-10(22)7-9)14-15(12-5-2-6-24-12)20-21-17(14)23-16(11)19/h1-7,13,22H,19H2,(H,20,21). The van der Waals surface area contributed by atoms with Gasteiger partial charge in [0.1, 0.15) is 17.4 Å². The monoisotopic (exact) mass is 336 g/mol. The Hall–Kier alpha value is -3.24. The summed E-state index contributed by atoms with van der Waals surface area (Å²) in [6, 6.07) is 12.8. The minimum Gasteiger partial charge on any atom is -0.508 e. The second-order valence-electron chi connectivity index (χ2n) is 5.31. The van der Waals surface area contributed by atoms with Crippen molar-refractivity contribution in [3.05, 3.63) is 64.4 Å². The molecule has 6 nitrogen and oxygen atoms in total. The van der Waals surface area contributed by atoms with E-state index in [1.807, 2.05) is 23.6 Å². The van der Waals surface area contributed by atoms with E-state index in [1.54, 1.807) is 29.5 Å². The Kier molecular flexibility index (Phi) is 3.25. The smallest absolute Gasteiger partial charge is 0.244 e. The van der Waals surface area contributed by atoms with Crippen molar-refractivity contribution in [1.29, 1.82) is 5.26 Å². The van der Waals surface area contributed by atoms with Crippen molar-refractivity contribution in [3.8, 4) is 28.3 Å². The number of rotatable bonds is 2. The lowest BCUT2D eigenvalue weighted by atomic mass is 9.84. The van der Waals surface area contributed by atoms with Crippen LogP contribution in [-0.4, -0.2) is 15.3 Å². The molecule has 1 aromatic carbocycles. The van der Waals surface area contributed by atoms with Crippen LogP contribution in [-0.2, 0) is 0 Å². The van der Waals surface area contributed by atoms with Crippen molar-refractivity contribution in [2.45, 2.75) is 5.92 Å². The van der Waals surface area contributed by atoms with Crippen LogP contribution in [0.2, 0.25) is 0 Å². The van der Waals surface area contributed by atoms with Crippen molar-refractivity contribution < 1.29 is 9.84 Å². The van der Waals surface area contributed by atoms with Crippen molar-refractivity contribution in [1.82, 2.24) is 10.2 Å². The van der Waals surface area contributed by atoms with Gasteiger partial charge < -0.3 is 15.6 Å². The zero-order chi connectivity index (χ0) is 16.7. The van der Waals surface area contributed by atoms with E-state index in [4.69, 9.17) is 10.5 Å². The molecular weight excluding hydrogens is 324 g/mol. The Morgan fingerprint density at radius 3 is 2.92 bits per heavy atom. The molecule has 24 heavy (non-hydrogen) atoms. The van der Waals surface area contributed by atoms with Crippen molar-refractivity contribution in [3.63, 3.8) is 0 Å². The van der Waals surface area contributed by atoms with E-state index in [2.05, 4.69) is 16.3 Å². The Labute approximate surface area is 141 Å². The third-order valence-electron chi connectivity index (χ3n) is 3.91. The van der Waals surface area contributed by atoms with Gasteiger partial charge in [-0.15, -0.1) is 16.4 Å². The molecule has 0 saturated carbocycles. The molecule has 4 rings (SSSR count). The van der Waals surface area contributed by atoms with Crippen LogP contribution in [0.25, 0.3) is 10.6 Å². The summed E-state index contributed by atoms with van der Waals surface area (Å²) in [6.45, 7) is 0. The summed E-state index contributed by atoms with van der Waals surface area (Å²) in [4.78, 5) is 0.982. The van der Waals surface area contributed by atoms with E-state index in [0.717, 1.165) is 21.7 Å². The van der Waals surface area contributed by atoms with Gasteiger partial charge in [0.15, 0.2) is 0 Å². The maximum Gasteiger partial charge on any atom is 0.244 e. The summed E-state index contributed by atoms with van der Waals surface area (Å²) in [5.41, 5.74) is 8.50. The zero-order valence-electron chi connectivity index (χ0n) is 12.4. The van der Waals surface area contributed by atoms with E-state index in [0.29, 0.717) is 11.5 Å². The van der Waals surface area contributed by atoms with Crippen LogP contribution in [0.4, 0.5) is 0 Å². The van der Waals surface area contributed by atoms with E-state index >= 15 is 0 Å². The molecule has 2 aromatic heterocycles. The molecule has 1 atom stereocenters. The normalized spacial score (nSPS) is 16.4. The number of phenolic OH excluding ortho intramolecular Hbond substituents is 1. The van der Waals surface area contributed by atoms with Crippen molar-refractivity contribution >= 4 is 11.3 Å². The van der Waals surface area contributed by atoms with Gasteiger partial charge in [-0.3, -0.25) is 5.10 Å². The highest BCUT2D eigenvalue weighted by molar-refractivity contribution is 7.13. The number of benzene rings is 1. The number of thiophene rings is 1. The molecule has 3 aromatic rings. The van der Waals surface area contributed by atoms with Gasteiger partial charge in [0, 0.05) is 0 Å². The molecule has 118 valence electrons. The fraction of sp³-hybridized carbons (Fsp3) is 0.0588. The number of nitriles is 1. The lowest BCUT2D eigenvalue weighted by molar-refractivity contribution is 0.379. The number of hydrogen-bond donors (Lipinski definition) is 3. The van der Waals surface area contributed by atoms with Crippen LogP contribution in [0.15, 0.2) is 53.2 Å². The van der Waals surface area contributed by atoms with E-state index in [-0.39, 0.29) is 11.6 Å². The van der Waals surface area contributed by atoms with Crippen LogP contribution < -0.4 is 10.5 Å². The molecule has 0 saturated heterocycles. The van der Waals surface area contributed by atoms with Crippen LogP contribution in [0.1, 0.15) is 17.0 Å². The van der Waals surface area contributed by atoms with Gasteiger partial charge >= 0.3 is 0 Å². The minimum absolute atomic E-state index is 0.0302. The predicted molar refractivity (Wildman–Crippen MR) is 89.3 cm³/mol. The Morgan fingerprint density at radius 2 is 2.21 bits per heavy atom. The predicted octanol–water partition coefficient (Wildman–Crippen LogP) is 3.06. The summed E-state index contributed by atoms with van der Waals surface area (Å²) in [5.74, 6) is 0.0464. The summed E-state index contributed by atoms with van der Waals surface area (Å²) >= 11 is 1.56. The Morgan fingerprint density at radius 1 is 1.33 bits per heavy atom. The molecule has 1 aliphatic heterocycles. The van der Waals surface area contributed by atoms with Crippen LogP contribution in [0, 0.1) is 11.3 Å². The number of nitrogens with zero attached hydrogens (tertiary/aromatic N) is 2. The van der Waals surface area contributed by atoms with E-state index < -0.39 is 5.92 Å². The number of aromatic amines is 1. The number of nitrogens with two attached hydrogens (primary N) is 1. The average molecular weight is 336 g/mol. The molecule has 0 fully saturated rings. The van der Waals surface area contributed by atoms with E-state index in [1.165, 1.54) is 0 Å². The molecule has 4 N–H and O–H groups in total. The summed E-state index contributed by atoms with van der Waals surface area (Å²) < 4.78 is 5.53. The molecule has 7 heteroatoms. The van der Waals surface area contributed by atoms with Gasteiger partial charge in [0.2, 0.25) is 11.8 Å². The third-order valence-corrected chi connectivity index (χ3v) is 4.80. The molecule has 0 aliphatic carbocycles. The number of aromatic hydroxyl groups is 1. The van der Waals surface area contributed by atoms with Crippen LogP contribution in [0.5, 0.6) is 11.6 Å². The first kappa shape index (κ1) is 14.4. The highest BCUT2D eigenvalue weighted by Gasteiger charge is 2.35. The molecule has 0 bridgehead atoms. The summed E-state index contributed by atoms with van der Waals surface area (Å²) in [5, 5.41) is 28.6. The van der Waals surface area contributed by atoms with E-state index in [9.17, 15) is 10.4 Å². The summed E-state index contributed by atoms with van der Waals surface area (Å²) in [7, 11) is 0.